The number of piperidine rings is 2. The third-order valence-electron chi connectivity index (χ3n) is 6.10. The van der Waals surface area contributed by atoms with Crippen LogP contribution in [0.25, 0.3) is 0 Å². The first kappa shape index (κ1) is 18.5. The summed E-state index contributed by atoms with van der Waals surface area (Å²) in [5.74, 6) is 0. The number of anilines is 1. The number of carbonyl (C=O) groups is 1. The van der Waals surface area contributed by atoms with Crippen LogP contribution in [0.15, 0.2) is 35.7 Å². The lowest BCUT2D eigenvalue weighted by atomic mass is 9.81. The van der Waals surface area contributed by atoms with Gasteiger partial charge in [-0.2, -0.15) is 0 Å². The Bertz CT molecular complexity index is 755. The molecule has 4 nitrogen and oxygen atoms in total. The van der Waals surface area contributed by atoms with Crippen molar-refractivity contribution in [2.75, 3.05) is 5.32 Å². The maximum Gasteiger partial charge on any atom is 0.319 e. The van der Waals surface area contributed by atoms with Gasteiger partial charge in [0, 0.05) is 35.2 Å². The number of rotatable bonds is 4. The van der Waals surface area contributed by atoms with Crippen LogP contribution in [0, 0.1) is 13.8 Å². The number of urea groups is 1. The van der Waals surface area contributed by atoms with Crippen LogP contribution in [0.1, 0.15) is 48.1 Å². The summed E-state index contributed by atoms with van der Waals surface area (Å²) >= 11 is 1.85. The fourth-order valence-corrected chi connectivity index (χ4v) is 5.50. The topological polar surface area (TPSA) is 44.4 Å². The van der Waals surface area contributed by atoms with Gasteiger partial charge in [0.25, 0.3) is 0 Å². The summed E-state index contributed by atoms with van der Waals surface area (Å²) in [6.07, 6.45) is 5.93. The van der Waals surface area contributed by atoms with Gasteiger partial charge in [0.05, 0.1) is 0 Å². The van der Waals surface area contributed by atoms with Gasteiger partial charge < -0.3 is 10.6 Å². The van der Waals surface area contributed by atoms with Crippen LogP contribution >= 0.6 is 11.3 Å². The largest absolute Gasteiger partial charge is 0.335 e. The van der Waals surface area contributed by atoms with Crippen LogP contribution in [-0.2, 0) is 6.54 Å². The van der Waals surface area contributed by atoms with Gasteiger partial charge in [-0.25, -0.2) is 4.79 Å². The fourth-order valence-electron chi connectivity index (χ4n) is 4.78. The summed E-state index contributed by atoms with van der Waals surface area (Å²) in [5, 5.41) is 8.50. The summed E-state index contributed by atoms with van der Waals surface area (Å²) in [6.45, 7) is 5.14. The quantitative estimate of drug-likeness (QED) is 0.774. The molecule has 2 amide bonds. The van der Waals surface area contributed by atoms with Gasteiger partial charge in [-0.1, -0.05) is 30.7 Å². The molecule has 1 aromatic carbocycles. The van der Waals surface area contributed by atoms with E-state index in [4.69, 9.17) is 0 Å². The highest BCUT2D eigenvalue weighted by Gasteiger charge is 2.38. The van der Waals surface area contributed by atoms with E-state index in [0.717, 1.165) is 36.2 Å². The lowest BCUT2D eigenvalue weighted by Gasteiger charge is -2.49. The zero-order chi connectivity index (χ0) is 18.8. The van der Waals surface area contributed by atoms with E-state index in [1.165, 1.54) is 24.1 Å². The van der Waals surface area contributed by atoms with E-state index in [-0.39, 0.29) is 12.1 Å². The van der Waals surface area contributed by atoms with Crippen LogP contribution in [0.3, 0.4) is 0 Å². The number of benzene rings is 1. The highest BCUT2D eigenvalue weighted by atomic mass is 32.1. The molecule has 1 aromatic heterocycles. The summed E-state index contributed by atoms with van der Waals surface area (Å²) in [7, 11) is 0. The average Bonchev–Trinajstić information content (AvgIpc) is 3.12. The Balaban J connectivity index is 1.38. The first-order chi connectivity index (χ1) is 13.1. The molecule has 2 atom stereocenters. The molecule has 0 radical (unpaired) electrons. The van der Waals surface area contributed by atoms with Gasteiger partial charge in [-0.15, -0.1) is 11.3 Å². The second kappa shape index (κ2) is 8.03. The molecule has 27 heavy (non-hydrogen) atoms. The Labute approximate surface area is 166 Å². The zero-order valence-corrected chi connectivity index (χ0v) is 17.0. The summed E-state index contributed by atoms with van der Waals surface area (Å²) < 4.78 is 0. The summed E-state index contributed by atoms with van der Waals surface area (Å²) in [5.41, 5.74) is 3.14. The van der Waals surface area contributed by atoms with E-state index in [2.05, 4.69) is 33.0 Å². The molecule has 2 N–H and O–H groups in total. The summed E-state index contributed by atoms with van der Waals surface area (Å²) in [4.78, 5) is 16.7. The number of nitrogens with zero attached hydrogens (tertiary/aromatic N) is 1. The van der Waals surface area contributed by atoms with Crippen molar-refractivity contribution in [1.82, 2.24) is 10.2 Å². The molecule has 2 aliphatic rings. The van der Waals surface area contributed by atoms with Crippen molar-refractivity contribution in [1.29, 1.82) is 0 Å². The molecule has 0 aliphatic carbocycles. The molecular formula is C22H29N3OS. The molecular weight excluding hydrogens is 354 g/mol. The fraction of sp³-hybridized carbons (Fsp3) is 0.500. The normalized spacial score (nSPS) is 25.2. The molecule has 2 fully saturated rings. The highest BCUT2D eigenvalue weighted by Crippen LogP contribution is 2.35. The van der Waals surface area contributed by atoms with Crippen LogP contribution in [0.2, 0.25) is 0 Å². The number of aryl methyl sites for hydroxylation is 2. The van der Waals surface area contributed by atoms with Gasteiger partial charge in [0.1, 0.15) is 0 Å². The maximum atomic E-state index is 12.6. The van der Waals surface area contributed by atoms with E-state index in [1.54, 1.807) is 0 Å². The lowest BCUT2D eigenvalue weighted by Crippen LogP contribution is -2.56. The van der Waals surface area contributed by atoms with Crippen LogP contribution < -0.4 is 10.6 Å². The Morgan fingerprint density at radius 1 is 1.11 bits per heavy atom. The minimum Gasteiger partial charge on any atom is -0.335 e. The number of nitrogens with one attached hydrogen (secondary N) is 2. The summed E-state index contributed by atoms with van der Waals surface area (Å²) in [6, 6.07) is 11.9. The van der Waals surface area contributed by atoms with E-state index >= 15 is 0 Å². The molecule has 2 unspecified atom stereocenters. The second-order valence-electron chi connectivity index (χ2n) is 8.02. The van der Waals surface area contributed by atoms with E-state index < -0.39 is 0 Å². The predicted molar refractivity (Wildman–Crippen MR) is 112 cm³/mol. The van der Waals surface area contributed by atoms with Crippen molar-refractivity contribution in [2.45, 2.75) is 70.6 Å². The molecule has 5 heteroatoms. The second-order valence-corrected chi connectivity index (χ2v) is 9.06. The van der Waals surface area contributed by atoms with Crippen molar-refractivity contribution in [3.63, 3.8) is 0 Å². The number of hydrogen-bond donors (Lipinski definition) is 2. The van der Waals surface area contributed by atoms with Gasteiger partial charge in [-0.3, -0.25) is 4.90 Å². The number of amides is 2. The van der Waals surface area contributed by atoms with Gasteiger partial charge in [0.15, 0.2) is 0 Å². The minimum atomic E-state index is -0.0674. The average molecular weight is 384 g/mol. The molecule has 2 aliphatic heterocycles. The number of hydrogen-bond acceptors (Lipinski definition) is 3. The number of carbonyl (C=O) groups excluding carboxylic acids is 1. The maximum absolute atomic E-state index is 12.6. The third kappa shape index (κ3) is 4.19. The van der Waals surface area contributed by atoms with Crippen molar-refractivity contribution in [3.05, 3.63) is 51.7 Å². The number of thiophene rings is 1. The van der Waals surface area contributed by atoms with Crippen molar-refractivity contribution in [3.8, 4) is 0 Å². The SMILES string of the molecule is Cc1cccc(C)c1NC(=O)NC1CC2CCCC(C1)N2Cc1cccs1. The Morgan fingerprint density at radius 3 is 2.44 bits per heavy atom. The first-order valence-corrected chi connectivity index (χ1v) is 10.9. The Kier molecular flexibility index (Phi) is 5.50. The number of para-hydroxylation sites is 1. The molecule has 4 rings (SSSR count). The van der Waals surface area contributed by atoms with Crippen molar-refractivity contribution in [2.24, 2.45) is 0 Å². The molecule has 2 aromatic rings. The van der Waals surface area contributed by atoms with Crippen LogP contribution in [-0.4, -0.2) is 29.1 Å². The molecule has 144 valence electrons. The predicted octanol–water partition coefficient (Wildman–Crippen LogP) is 5.07. The highest BCUT2D eigenvalue weighted by molar-refractivity contribution is 7.09. The van der Waals surface area contributed by atoms with Crippen LogP contribution in [0.5, 0.6) is 0 Å². The van der Waals surface area contributed by atoms with E-state index in [9.17, 15) is 4.79 Å². The van der Waals surface area contributed by atoms with Gasteiger partial charge in [0.2, 0.25) is 0 Å². The molecule has 2 bridgehead atoms. The first-order valence-electron chi connectivity index (χ1n) is 10.0. The molecule has 0 saturated carbocycles. The lowest BCUT2D eigenvalue weighted by molar-refractivity contribution is 0.0208. The van der Waals surface area contributed by atoms with Gasteiger partial charge >= 0.3 is 6.03 Å². The molecule has 2 saturated heterocycles. The molecule has 0 spiro atoms. The third-order valence-corrected chi connectivity index (χ3v) is 6.96. The standard InChI is InChI=1S/C22H29N3OS/c1-15-6-3-7-16(2)21(15)24-22(26)23-17-12-18-8-4-9-19(13-17)25(18)14-20-10-5-11-27-20/h3,5-7,10-11,17-19H,4,8-9,12-14H2,1-2H3,(H2,23,24,26). The number of fused-ring (bicyclic) bond motifs is 2. The van der Waals surface area contributed by atoms with Crippen LogP contribution in [0.4, 0.5) is 10.5 Å². The zero-order valence-electron chi connectivity index (χ0n) is 16.2. The Hall–Kier alpha value is -1.85. The smallest absolute Gasteiger partial charge is 0.319 e. The van der Waals surface area contributed by atoms with E-state index in [0.29, 0.717) is 12.1 Å². The van der Waals surface area contributed by atoms with Crippen molar-refractivity contribution >= 4 is 23.1 Å². The van der Waals surface area contributed by atoms with E-state index in [1.807, 2.05) is 43.4 Å². The minimum absolute atomic E-state index is 0.0674. The molecule has 3 heterocycles. The van der Waals surface area contributed by atoms with Gasteiger partial charge in [-0.05, 0) is 62.1 Å². The Morgan fingerprint density at radius 2 is 1.81 bits per heavy atom. The van der Waals surface area contributed by atoms with Crippen molar-refractivity contribution < 1.29 is 4.79 Å². The monoisotopic (exact) mass is 383 g/mol.